The lowest BCUT2D eigenvalue weighted by Gasteiger charge is -2.28. The lowest BCUT2D eigenvalue weighted by Crippen LogP contribution is -2.18. The lowest BCUT2D eigenvalue weighted by atomic mass is 9.75. The van der Waals surface area contributed by atoms with Crippen molar-refractivity contribution >= 4 is 12.3 Å². The van der Waals surface area contributed by atoms with Crippen LogP contribution in [-0.2, 0) is 5.41 Å². The lowest BCUT2D eigenvalue weighted by molar-refractivity contribution is 0.580. The molecule has 0 amide bonds. The van der Waals surface area contributed by atoms with E-state index >= 15 is 0 Å². The van der Waals surface area contributed by atoms with Gasteiger partial charge in [-0.15, -0.1) is 0 Å². The molecule has 0 fully saturated rings. The summed E-state index contributed by atoms with van der Waals surface area (Å²) in [5.74, 6) is 0.267. The standard InChI is InChI=1S/C21H23N/c1-14-12-15-8-5-6-10-17(15)19(14)20-16(13-22)9-7-11-18(20)21(2,3)4/h5-13,19,22H,1-4H3. The summed E-state index contributed by atoms with van der Waals surface area (Å²) < 4.78 is 0. The second-order valence-electron chi connectivity index (χ2n) is 7.15. The van der Waals surface area contributed by atoms with Crippen molar-refractivity contribution in [1.29, 1.82) is 5.41 Å². The molecule has 22 heavy (non-hydrogen) atoms. The largest absolute Gasteiger partial charge is 0.308 e. The average molecular weight is 289 g/mol. The smallest absolute Gasteiger partial charge is 0.0314 e. The van der Waals surface area contributed by atoms with E-state index in [-0.39, 0.29) is 11.3 Å². The number of fused-ring (bicyclic) bond motifs is 1. The third-order valence-corrected chi connectivity index (χ3v) is 4.54. The molecule has 0 bridgehead atoms. The molecule has 112 valence electrons. The fraction of sp³-hybridized carbons (Fsp3) is 0.286. The molecule has 0 radical (unpaired) electrons. The highest BCUT2D eigenvalue weighted by Crippen LogP contribution is 2.45. The minimum absolute atomic E-state index is 0.0617. The van der Waals surface area contributed by atoms with Crippen LogP contribution >= 0.6 is 0 Å². The van der Waals surface area contributed by atoms with E-state index in [0.29, 0.717) is 0 Å². The van der Waals surface area contributed by atoms with Crippen LogP contribution in [0.5, 0.6) is 0 Å². The van der Waals surface area contributed by atoms with Crippen molar-refractivity contribution in [2.24, 2.45) is 0 Å². The van der Waals surface area contributed by atoms with Crippen LogP contribution in [0, 0.1) is 5.41 Å². The molecule has 3 rings (SSSR count). The van der Waals surface area contributed by atoms with Gasteiger partial charge in [0.2, 0.25) is 0 Å². The SMILES string of the molecule is CC1=Cc2ccccc2C1c1c(C=N)cccc1C(C)(C)C. The summed E-state index contributed by atoms with van der Waals surface area (Å²) in [6.07, 6.45) is 3.78. The number of hydrogen-bond donors (Lipinski definition) is 1. The molecule has 1 unspecified atom stereocenters. The van der Waals surface area contributed by atoms with Crippen molar-refractivity contribution in [2.75, 3.05) is 0 Å². The number of benzene rings is 2. The second-order valence-corrected chi connectivity index (χ2v) is 7.15. The molecule has 2 aromatic carbocycles. The molecule has 0 aliphatic heterocycles. The normalized spacial score (nSPS) is 17.1. The van der Waals surface area contributed by atoms with Crippen molar-refractivity contribution < 1.29 is 0 Å². The van der Waals surface area contributed by atoms with Crippen molar-refractivity contribution in [3.63, 3.8) is 0 Å². The van der Waals surface area contributed by atoms with Crippen molar-refractivity contribution in [3.8, 4) is 0 Å². The molecular formula is C21H23N. The highest BCUT2D eigenvalue weighted by molar-refractivity contribution is 5.83. The average Bonchev–Trinajstić information content (AvgIpc) is 2.81. The Hall–Kier alpha value is -2.15. The molecule has 1 heteroatoms. The van der Waals surface area contributed by atoms with Gasteiger partial charge in [-0.25, -0.2) is 0 Å². The Balaban J connectivity index is 2.29. The Kier molecular flexibility index (Phi) is 3.52. The predicted molar refractivity (Wildman–Crippen MR) is 95.0 cm³/mol. The summed E-state index contributed by atoms with van der Waals surface area (Å²) in [7, 11) is 0. The summed E-state index contributed by atoms with van der Waals surface area (Å²) >= 11 is 0. The van der Waals surface area contributed by atoms with E-state index in [1.807, 2.05) is 0 Å². The molecule has 0 spiro atoms. The van der Waals surface area contributed by atoms with E-state index in [1.54, 1.807) is 0 Å². The van der Waals surface area contributed by atoms with Gasteiger partial charge >= 0.3 is 0 Å². The van der Waals surface area contributed by atoms with Gasteiger partial charge in [0.25, 0.3) is 0 Å². The first kappa shape index (κ1) is 14.8. The summed E-state index contributed by atoms with van der Waals surface area (Å²) in [4.78, 5) is 0. The number of rotatable bonds is 2. The fourth-order valence-corrected chi connectivity index (χ4v) is 3.55. The Labute approximate surface area is 133 Å². The summed E-state index contributed by atoms with van der Waals surface area (Å²) in [5.41, 5.74) is 7.76. The maximum atomic E-state index is 7.86. The molecule has 1 aliphatic rings. The van der Waals surface area contributed by atoms with E-state index in [0.717, 1.165) is 5.56 Å². The van der Waals surface area contributed by atoms with Gasteiger partial charge in [0, 0.05) is 12.1 Å². The maximum absolute atomic E-state index is 7.86. The highest BCUT2D eigenvalue weighted by atomic mass is 14.4. The van der Waals surface area contributed by atoms with Gasteiger partial charge in [0.1, 0.15) is 0 Å². The quantitative estimate of drug-likeness (QED) is 0.703. The van der Waals surface area contributed by atoms with Crippen LogP contribution in [0.4, 0.5) is 0 Å². The minimum atomic E-state index is 0.0617. The van der Waals surface area contributed by atoms with Crippen molar-refractivity contribution in [1.82, 2.24) is 0 Å². The Bertz CT molecular complexity index is 760. The monoisotopic (exact) mass is 289 g/mol. The van der Waals surface area contributed by atoms with Crippen molar-refractivity contribution in [2.45, 2.75) is 39.0 Å². The van der Waals surface area contributed by atoms with Crippen molar-refractivity contribution in [3.05, 3.63) is 75.9 Å². The third kappa shape index (κ3) is 2.31. The Morgan fingerprint density at radius 2 is 1.73 bits per heavy atom. The topological polar surface area (TPSA) is 23.9 Å². The summed E-state index contributed by atoms with van der Waals surface area (Å²) in [5, 5.41) is 7.86. The second kappa shape index (κ2) is 5.24. The predicted octanol–water partition coefficient (Wildman–Crippen LogP) is 5.53. The minimum Gasteiger partial charge on any atom is -0.308 e. The molecule has 2 aromatic rings. The number of hydrogen-bond acceptors (Lipinski definition) is 1. The first-order valence-electron chi connectivity index (χ1n) is 7.84. The van der Waals surface area contributed by atoms with Crippen LogP contribution in [0.2, 0.25) is 0 Å². The first-order chi connectivity index (χ1) is 10.4. The third-order valence-electron chi connectivity index (χ3n) is 4.54. The summed E-state index contributed by atoms with van der Waals surface area (Å²) in [6.45, 7) is 8.95. The van der Waals surface area contributed by atoms with Gasteiger partial charge in [0.15, 0.2) is 0 Å². The Morgan fingerprint density at radius 1 is 1.00 bits per heavy atom. The van der Waals surface area contributed by atoms with Crippen LogP contribution < -0.4 is 0 Å². The first-order valence-corrected chi connectivity index (χ1v) is 7.84. The van der Waals surface area contributed by atoms with Gasteiger partial charge < -0.3 is 5.41 Å². The molecule has 1 aliphatic carbocycles. The Morgan fingerprint density at radius 3 is 2.41 bits per heavy atom. The van der Waals surface area contributed by atoms with E-state index in [1.165, 1.54) is 34.0 Å². The summed E-state index contributed by atoms with van der Waals surface area (Å²) in [6, 6.07) is 15.0. The van der Waals surface area contributed by atoms with Crippen LogP contribution in [0.1, 0.15) is 61.4 Å². The molecule has 1 N–H and O–H groups in total. The van der Waals surface area contributed by atoms with E-state index in [2.05, 4.69) is 76.2 Å². The van der Waals surface area contributed by atoms with E-state index in [9.17, 15) is 0 Å². The molecule has 1 nitrogen and oxygen atoms in total. The van der Waals surface area contributed by atoms with Crippen LogP contribution in [-0.4, -0.2) is 6.21 Å². The van der Waals surface area contributed by atoms with Crippen LogP contribution in [0.15, 0.2) is 48.0 Å². The van der Waals surface area contributed by atoms with Crippen LogP contribution in [0.3, 0.4) is 0 Å². The van der Waals surface area contributed by atoms with Crippen LogP contribution in [0.25, 0.3) is 6.08 Å². The van der Waals surface area contributed by atoms with Gasteiger partial charge in [0.05, 0.1) is 0 Å². The number of nitrogens with one attached hydrogen (secondary N) is 1. The molecular weight excluding hydrogens is 266 g/mol. The number of allylic oxidation sites excluding steroid dienone is 1. The molecule has 0 heterocycles. The van der Waals surface area contributed by atoms with E-state index < -0.39 is 0 Å². The molecule has 1 atom stereocenters. The zero-order valence-corrected chi connectivity index (χ0v) is 13.8. The fourth-order valence-electron chi connectivity index (χ4n) is 3.55. The van der Waals surface area contributed by atoms with Gasteiger partial charge in [-0.05, 0) is 40.2 Å². The zero-order valence-electron chi connectivity index (χ0n) is 13.8. The highest BCUT2D eigenvalue weighted by Gasteiger charge is 2.30. The molecule has 0 saturated heterocycles. The molecule has 0 aromatic heterocycles. The van der Waals surface area contributed by atoms with Gasteiger partial charge in [-0.3, -0.25) is 0 Å². The van der Waals surface area contributed by atoms with Gasteiger partial charge in [-0.2, -0.15) is 0 Å². The maximum Gasteiger partial charge on any atom is 0.0314 e. The van der Waals surface area contributed by atoms with Gasteiger partial charge in [-0.1, -0.05) is 74.9 Å². The zero-order chi connectivity index (χ0) is 15.9. The molecule has 0 saturated carbocycles. The van der Waals surface area contributed by atoms with E-state index in [4.69, 9.17) is 5.41 Å².